The molecule has 0 fully saturated rings. The fourth-order valence-electron chi connectivity index (χ4n) is 2.58. The van der Waals surface area contributed by atoms with Crippen molar-refractivity contribution in [1.82, 2.24) is 0 Å². The number of benzene rings is 2. The minimum Gasteiger partial charge on any atom is -0.483 e. The molecule has 1 aliphatic rings. The Morgan fingerprint density at radius 1 is 1.31 bits per heavy atom. The van der Waals surface area contributed by atoms with Gasteiger partial charge in [-0.1, -0.05) is 17.7 Å². The quantitative estimate of drug-likeness (QED) is 0.616. The molecule has 0 saturated heterocycles. The SMILES string of the molecule is O=C(COc1cccc2c1CCC(=O)N2)Nc1ccc([N+](=O)[O-])cc1Cl. The summed E-state index contributed by atoms with van der Waals surface area (Å²) in [5, 5.41) is 16.1. The zero-order chi connectivity index (χ0) is 18.7. The van der Waals surface area contributed by atoms with Crippen molar-refractivity contribution >= 4 is 40.5 Å². The Kier molecular flexibility index (Phi) is 5.04. The lowest BCUT2D eigenvalue weighted by Gasteiger charge is -2.19. The van der Waals surface area contributed by atoms with Crippen LogP contribution in [0.5, 0.6) is 5.75 Å². The third-order valence-electron chi connectivity index (χ3n) is 3.81. The van der Waals surface area contributed by atoms with Crippen LogP contribution in [0, 0.1) is 10.1 Å². The number of fused-ring (bicyclic) bond motifs is 1. The summed E-state index contributed by atoms with van der Waals surface area (Å²) in [4.78, 5) is 33.6. The van der Waals surface area contributed by atoms with Gasteiger partial charge in [0.2, 0.25) is 5.91 Å². The second kappa shape index (κ2) is 7.40. The maximum atomic E-state index is 12.1. The van der Waals surface area contributed by atoms with Crippen molar-refractivity contribution < 1.29 is 19.2 Å². The van der Waals surface area contributed by atoms with Crippen LogP contribution in [-0.2, 0) is 16.0 Å². The first-order chi connectivity index (χ1) is 12.4. The number of nitro benzene ring substituents is 1. The third kappa shape index (κ3) is 3.92. The maximum Gasteiger partial charge on any atom is 0.271 e. The molecule has 8 nitrogen and oxygen atoms in total. The molecule has 0 spiro atoms. The van der Waals surface area contributed by atoms with Crippen molar-refractivity contribution in [3.8, 4) is 5.75 Å². The molecule has 0 radical (unpaired) electrons. The number of amides is 2. The van der Waals surface area contributed by atoms with Crippen molar-refractivity contribution in [2.75, 3.05) is 17.2 Å². The fourth-order valence-corrected chi connectivity index (χ4v) is 2.80. The number of hydrogen-bond acceptors (Lipinski definition) is 5. The van der Waals surface area contributed by atoms with Gasteiger partial charge in [0, 0.05) is 29.8 Å². The summed E-state index contributed by atoms with van der Waals surface area (Å²) in [5.74, 6) is 0.00542. The molecule has 2 aromatic carbocycles. The van der Waals surface area contributed by atoms with Gasteiger partial charge in [0.1, 0.15) is 5.75 Å². The molecule has 2 amide bonds. The number of ether oxygens (including phenoxy) is 1. The number of nitrogens with one attached hydrogen (secondary N) is 2. The average molecular weight is 376 g/mol. The maximum absolute atomic E-state index is 12.1. The molecule has 1 heterocycles. The van der Waals surface area contributed by atoms with E-state index >= 15 is 0 Å². The Bertz CT molecular complexity index is 900. The fraction of sp³-hybridized carbons (Fsp3) is 0.176. The van der Waals surface area contributed by atoms with E-state index in [0.717, 1.165) is 11.6 Å². The zero-order valence-corrected chi connectivity index (χ0v) is 14.2. The minimum atomic E-state index is -0.572. The van der Waals surface area contributed by atoms with E-state index in [4.69, 9.17) is 16.3 Å². The van der Waals surface area contributed by atoms with Crippen LogP contribution in [0.3, 0.4) is 0 Å². The van der Waals surface area contributed by atoms with Crippen LogP contribution in [0.2, 0.25) is 5.02 Å². The molecule has 3 rings (SSSR count). The number of halogens is 1. The Morgan fingerprint density at radius 3 is 2.85 bits per heavy atom. The molecule has 134 valence electrons. The van der Waals surface area contributed by atoms with Crippen molar-refractivity contribution in [1.29, 1.82) is 0 Å². The summed E-state index contributed by atoms with van der Waals surface area (Å²) in [7, 11) is 0. The van der Waals surface area contributed by atoms with Gasteiger partial charge in [-0.05, 0) is 24.6 Å². The molecule has 0 bridgehead atoms. The van der Waals surface area contributed by atoms with E-state index in [1.54, 1.807) is 18.2 Å². The Balaban J connectivity index is 1.64. The van der Waals surface area contributed by atoms with Gasteiger partial charge < -0.3 is 15.4 Å². The molecular weight excluding hydrogens is 362 g/mol. The largest absolute Gasteiger partial charge is 0.483 e. The van der Waals surface area contributed by atoms with Gasteiger partial charge in [0.15, 0.2) is 6.61 Å². The monoisotopic (exact) mass is 375 g/mol. The molecule has 0 atom stereocenters. The highest BCUT2D eigenvalue weighted by Gasteiger charge is 2.19. The topological polar surface area (TPSA) is 111 Å². The first kappa shape index (κ1) is 17.7. The van der Waals surface area contributed by atoms with Gasteiger partial charge in [0.25, 0.3) is 11.6 Å². The summed E-state index contributed by atoms with van der Waals surface area (Å²) >= 11 is 5.94. The molecule has 1 aliphatic heterocycles. The van der Waals surface area contributed by atoms with Gasteiger partial charge in [-0.25, -0.2) is 0 Å². The van der Waals surface area contributed by atoms with Crippen LogP contribution in [0.4, 0.5) is 17.1 Å². The van der Waals surface area contributed by atoms with Gasteiger partial charge in [0.05, 0.1) is 15.6 Å². The summed E-state index contributed by atoms with van der Waals surface area (Å²) in [6.07, 6.45) is 0.894. The predicted octanol–water partition coefficient (Wildman–Crippen LogP) is 3.15. The summed E-state index contributed by atoms with van der Waals surface area (Å²) in [6, 6.07) is 8.99. The van der Waals surface area contributed by atoms with Crippen molar-refractivity contribution in [2.24, 2.45) is 0 Å². The van der Waals surface area contributed by atoms with Crippen LogP contribution < -0.4 is 15.4 Å². The number of carbonyl (C=O) groups excluding carboxylic acids is 2. The van der Waals surface area contributed by atoms with Crippen molar-refractivity contribution in [2.45, 2.75) is 12.8 Å². The van der Waals surface area contributed by atoms with Crippen LogP contribution >= 0.6 is 11.6 Å². The highest BCUT2D eigenvalue weighted by Crippen LogP contribution is 2.31. The number of rotatable bonds is 5. The van der Waals surface area contributed by atoms with Crippen molar-refractivity contribution in [3.63, 3.8) is 0 Å². The molecule has 2 aromatic rings. The summed E-state index contributed by atoms with van der Waals surface area (Å²) < 4.78 is 5.56. The highest BCUT2D eigenvalue weighted by atomic mass is 35.5. The first-order valence-electron chi connectivity index (χ1n) is 7.72. The van der Waals surface area contributed by atoms with E-state index in [-0.39, 0.29) is 28.9 Å². The Labute approximate surface area is 153 Å². The van der Waals surface area contributed by atoms with Gasteiger partial charge in [-0.2, -0.15) is 0 Å². The van der Waals surface area contributed by atoms with E-state index in [0.29, 0.717) is 24.3 Å². The second-order valence-corrected chi connectivity index (χ2v) is 6.00. The van der Waals surface area contributed by atoms with Crippen LogP contribution in [-0.4, -0.2) is 23.3 Å². The lowest BCUT2D eigenvalue weighted by molar-refractivity contribution is -0.384. The lowest BCUT2D eigenvalue weighted by Crippen LogP contribution is -2.22. The number of carbonyl (C=O) groups is 2. The average Bonchev–Trinajstić information content (AvgIpc) is 2.61. The molecule has 0 aromatic heterocycles. The predicted molar refractivity (Wildman–Crippen MR) is 95.6 cm³/mol. The Hall–Kier alpha value is -3.13. The van der Waals surface area contributed by atoms with E-state index in [1.165, 1.54) is 12.1 Å². The normalized spacial score (nSPS) is 12.7. The number of anilines is 2. The van der Waals surface area contributed by atoms with E-state index in [2.05, 4.69) is 10.6 Å². The lowest BCUT2D eigenvalue weighted by atomic mass is 10.0. The molecule has 0 aliphatic carbocycles. The zero-order valence-electron chi connectivity index (χ0n) is 13.5. The van der Waals surface area contributed by atoms with E-state index < -0.39 is 10.8 Å². The first-order valence-corrected chi connectivity index (χ1v) is 8.10. The van der Waals surface area contributed by atoms with Gasteiger partial charge in [-0.15, -0.1) is 0 Å². The molecule has 9 heteroatoms. The number of nitro groups is 1. The molecular formula is C17H14ClN3O5. The number of non-ortho nitro benzene ring substituents is 1. The molecule has 0 saturated carbocycles. The Morgan fingerprint density at radius 2 is 2.12 bits per heavy atom. The van der Waals surface area contributed by atoms with Crippen molar-refractivity contribution in [3.05, 3.63) is 57.1 Å². The number of hydrogen-bond donors (Lipinski definition) is 2. The third-order valence-corrected chi connectivity index (χ3v) is 4.12. The summed E-state index contributed by atoms with van der Waals surface area (Å²) in [5.41, 5.74) is 1.61. The van der Waals surface area contributed by atoms with Gasteiger partial charge in [-0.3, -0.25) is 19.7 Å². The van der Waals surface area contributed by atoms with E-state index in [9.17, 15) is 19.7 Å². The molecule has 26 heavy (non-hydrogen) atoms. The second-order valence-electron chi connectivity index (χ2n) is 5.59. The molecule has 0 unspecified atom stereocenters. The summed E-state index contributed by atoms with van der Waals surface area (Å²) in [6.45, 7) is -0.266. The number of nitrogens with zero attached hydrogens (tertiary/aromatic N) is 1. The minimum absolute atomic E-state index is 0.0554. The van der Waals surface area contributed by atoms with Crippen LogP contribution in [0.15, 0.2) is 36.4 Å². The standard InChI is InChI=1S/C17H14ClN3O5/c18-12-8-10(21(24)25)4-6-14(12)20-17(23)9-26-15-3-1-2-13-11(15)5-7-16(22)19-13/h1-4,6,8H,5,7,9H2,(H,19,22)(H,20,23). The van der Waals surface area contributed by atoms with Crippen LogP contribution in [0.25, 0.3) is 0 Å². The smallest absolute Gasteiger partial charge is 0.271 e. The molecule has 2 N–H and O–H groups in total. The van der Waals surface area contributed by atoms with E-state index in [1.807, 2.05) is 0 Å². The highest BCUT2D eigenvalue weighted by molar-refractivity contribution is 6.34. The van der Waals surface area contributed by atoms with Crippen LogP contribution in [0.1, 0.15) is 12.0 Å². The van der Waals surface area contributed by atoms with Gasteiger partial charge >= 0.3 is 0 Å².